The molecular weight excluding hydrogens is 274 g/mol. The van der Waals surface area contributed by atoms with E-state index in [2.05, 4.69) is 4.98 Å². The van der Waals surface area contributed by atoms with Gasteiger partial charge in [-0.15, -0.1) is 11.3 Å². The molecule has 2 aliphatic rings. The Bertz CT molecular complexity index is 542. The molecule has 2 atom stereocenters. The van der Waals surface area contributed by atoms with E-state index in [1.807, 2.05) is 13.8 Å². The van der Waals surface area contributed by atoms with Crippen molar-refractivity contribution in [2.75, 3.05) is 6.54 Å². The molecule has 0 saturated carbocycles. The highest BCUT2D eigenvalue weighted by Gasteiger charge is 2.44. The van der Waals surface area contributed by atoms with Crippen molar-refractivity contribution in [3.63, 3.8) is 0 Å². The molecule has 3 rings (SSSR count). The minimum absolute atomic E-state index is 0.0931. The molecule has 1 aromatic heterocycles. The number of aryl methyl sites for hydroxylation is 1. The van der Waals surface area contributed by atoms with Crippen LogP contribution in [-0.4, -0.2) is 45.2 Å². The second kappa shape index (κ2) is 5.16. The molecule has 2 unspecified atom stereocenters. The van der Waals surface area contributed by atoms with E-state index >= 15 is 0 Å². The zero-order chi connectivity index (χ0) is 14.3. The van der Waals surface area contributed by atoms with Crippen LogP contribution in [0.5, 0.6) is 0 Å². The van der Waals surface area contributed by atoms with Crippen LogP contribution in [0, 0.1) is 6.92 Å². The summed E-state index contributed by atoms with van der Waals surface area (Å²) in [6.07, 6.45) is 4.64. The molecule has 0 aromatic carbocycles. The highest BCUT2D eigenvalue weighted by Crippen LogP contribution is 2.28. The zero-order valence-electron chi connectivity index (χ0n) is 11.8. The molecular formula is C14H19N3O2S. The van der Waals surface area contributed by atoms with Crippen LogP contribution >= 0.6 is 11.3 Å². The molecule has 2 saturated heterocycles. The highest BCUT2D eigenvalue weighted by atomic mass is 32.1. The van der Waals surface area contributed by atoms with E-state index in [0.717, 1.165) is 35.7 Å². The third-order valence-corrected chi connectivity index (χ3v) is 5.07. The van der Waals surface area contributed by atoms with Crippen molar-refractivity contribution in [1.29, 1.82) is 0 Å². The first kappa shape index (κ1) is 13.5. The van der Waals surface area contributed by atoms with E-state index in [0.29, 0.717) is 6.54 Å². The first-order chi connectivity index (χ1) is 9.58. The van der Waals surface area contributed by atoms with E-state index in [1.165, 1.54) is 0 Å². The second-order valence-electron chi connectivity index (χ2n) is 5.53. The summed E-state index contributed by atoms with van der Waals surface area (Å²) < 4.78 is 0. The van der Waals surface area contributed by atoms with Crippen molar-refractivity contribution in [1.82, 2.24) is 14.8 Å². The Labute approximate surface area is 122 Å². The molecule has 3 heterocycles. The van der Waals surface area contributed by atoms with E-state index in [-0.39, 0.29) is 23.9 Å². The van der Waals surface area contributed by atoms with Crippen molar-refractivity contribution in [2.45, 2.75) is 51.7 Å². The predicted octanol–water partition coefficient (Wildman–Crippen LogP) is 1.56. The number of fused-ring (bicyclic) bond motifs is 1. The fourth-order valence-corrected chi connectivity index (χ4v) is 3.86. The molecule has 0 radical (unpaired) electrons. The Balaban J connectivity index is 1.83. The van der Waals surface area contributed by atoms with Crippen LogP contribution in [0.1, 0.15) is 36.1 Å². The summed E-state index contributed by atoms with van der Waals surface area (Å²) in [6.45, 7) is 5.01. The Kier molecular flexibility index (Phi) is 3.50. The third-order valence-electron chi connectivity index (χ3n) is 4.17. The quantitative estimate of drug-likeness (QED) is 0.831. The van der Waals surface area contributed by atoms with Gasteiger partial charge in [0.25, 0.3) is 0 Å². The SMILES string of the molecule is Cc1ncc(CN2C(=O)C3CCCCN3C(=O)C2C)s1. The minimum atomic E-state index is -0.362. The maximum absolute atomic E-state index is 12.6. The van der Waals surface area contributed by atoms with Crippen molar-refractivity contribution in [3.05, 3.63) is 16.1 Å². The lowest BCUT2D eigenvalue weighted by Gasteiger charge is -2.45. The summed E-state index contributed by atoms with van der Waals surface area (Å²) in [5, 5.41) is 0.989. The van der Waals surface area contributed by atoms with Gasteiger partial charge in [0, 0.05) is 17.6 Å². The van der Waals surface area contributed by atoms with Crippen LogP contribution in [0.15, 0.2) is 6.20 Å². The zero-order valence-corrected chi connectivity index (χ0v) is 12.7. The van der Waals surface area contributed by atoms with Crippen LogP contribution in [0.25, 0.3) is 0 Å². The smallest absolute Gasteiger partial charge is 0.246 e. The lowest BCUT2D eigenvalue weighted by atomic mass is 9.96. The van der Waals surface area contributed by atoms with Crippen molar-refractivity contribution in [2.24, 2.45) is 0 Å². The Hall–Kier alpha value is -1.43. The molecule has 2 fully saturated rings. The van der Waals surface area contributed by atoms with Gasteiger partial charge >= 0.3 is 0 Å². The summed E-state index contributed by atoms with van der Waals surface area (Å²) in [4.78, 5) is 33.8. The molecule has 6 heteroatoms. The van der Waals surface area contributed by atoms with Gasteiger partial charge in [0.2, 0.25) is 11.8 Å². The fourth-order valence-electron chi connectivity index (χ4n) is 3.07. The third kappa shape index (κ3) is 2.22. The normalized spacial score (nSPS) is 26.9. The number of piperazine rings is 1. The van der Waals surface area contributed by atoms with Crippen LogP contribution in [-0.2, 0) is 16.1 Å². The van der Waals surface area contributed by atoms with Crippen molar-refractivity contribution < 1.29 is 9.59 Å². The van der Waals surface area contributed by atoms with Gasteiger partial charge in [0.15, 0.2) is 0 Å². The number of hydrogen-bond acceptors (Lipinski definition) is 4. The van der Waals surface area contributed by atoms with Crippen LogP contribution < -0.4 is 0 Å². The maximum Gasteiger partial charge on any atom is 0.246 e. The average molecular weight is 293 g/mol. The summed E-state index contributed by atoms with van der Waals surface area (Å²) >= 11 is 1.59. The van der Waals surface area contributed by atoms with Gasteiger partial charge in [0.1, 0.15) is 12.1 Å². The molecule has 0 N–H and O–H groups in total. The Morgan fingerprint density at radius 2 is 2.15 bits per heavy atom. The maximum atomic E-state index is 12.6. The molecule has 0 bridgehead atoms. The molecule has 1 aromatic rings. The Morgan fingerprint density at radius 3 is 2.85 bits per heavy atom. The van der Waals surface area contributed by atoms with Gasteiger partial charge < -0.3 is 9.80 Å². The topological polar surface area (TPSA) is 53.5 Å². The van der Waals surface area contributed by atoms with Crippen LogP contribution in [0.2, 0.25) is 0 Å². The van der Waals surface area contributed by atoms with Crippen LogP contribution in [0.4, 0.5) is 0 Å². The first-order valence-electron chi connectivity index (χ1n) is 7.10. The largest absolute Gasteiger partial charge is 0.329 e. The predicted molar refractivity (Wildman–Crippen MR) is 76.2 cm³/mol. The van der Waals surface area contributed by atoms with Gasteiger partial charge in [-0.3, -0.25) is 9.59 Å². The number of rotatable bonds is 2. The molecule has 2 amide bonds. The van der Waals surface area contributed by atoms with Gasteiger partial charge in [0.05, 0.1) is 11.6 Å². The lowest BCUT2D eigenvalue weighted by molar-refractivity contribution is -0.163. The second-order valence-corrected chi connectivity index (χ2v) is 6.85. The van der Waals surface area contributed by atoms with Gasteiger partial charge in [-0.2, -0.15) is 0 Å². The van der Waals surface area contributed by atoms with Crippen LogP contribution in [0.3, 0.4) is 0 Å². The summed E-state index contributed by atoms with van der Waals surface area (Å²) in [6, 6.07) is -0.597. The number of carbonyl (C=O) groups is 2. The number of aromatic nitrogens is 1. The monoisotopic (exact) mass is 293 g/mol. The van der Waals surface area contributed by atoms with E-state index < -0.39 is 0 Å². The number of carbonyl (C=O) groups excluding carboxylic acids is 2. The Morgan fingerprint density at radius 1 is 1.35 bits per heavy atom. The number of amides is 2. The standard InChI is InChI=1S/C14H19N3O2S/c1-9-13(18)16-6-4-3-5-12(16)14(19)17(9)8-11-7-15-10(2)20-11/h7,9,12H,3-6,8H2,1-2H3. The molecule has 20 heavy (non-hydrogen) atoms. The van der Waals surface area contributed by atoms with Crippen molar-refractivity contribution >= 4 is 23.2 Å². The summed E-state index contributed by atoms with van der Waals surface area (Å²) in [7, 11) is 0. The van der Waals surface area contributed by atoms with E-state index in [9.17, 15) is 9.59 Å². The summed E-state index contributed by atoms with van der Waals surface area (Å²) in [5.41, 5.74) is 0. The fraction of sp³-hybridized carbons (Fsp3) is 0.643. The minimum Gasteiger partial charge on any atom is -0.329 e. The molecule has 5 nitrogen and oxygen atoms in total. The first-order valence-corrected chi connectivity index (χ1v) is 7.92. The van der Waals surface area contributed by atoms with E-state index in [1.54, 1.807) is 27.3 Å². The number of piperidine rings is 1. The van der Waals surface area contributed by atoms with E-state index in [4.69, 9.17) is 0 Å². The van der Waals surface area contributed by atoms with Gasteiger partial charge in [-0.1, -0.05) is 0 Å². The van der Waals surface area contributed by atoms with Crippen molar-refractivity contribution in [3.8, 4) is 0 Å². The number of nitrogens with zero attached hydrogens (tertiary/aromatic N) is 3. The molecule has 0 spiro atoms. The highest BCUT2D eigenvalue weighted by molar-refractivity contribution is 7.11. The molecule has 108 valence electrons. The lowest BCUT2D eigenvalue weighted by Crippen LogP contribution is -2.64. The number of thiazole rings is 1. The molecule has 2 aliphatic heterocycles. The summed E-state index contributed by atoms with van der Waals surface area (Å²) in [5.74, 6) is 0.193. The van der Waals surface area contributed by atoms with Gasteiger partial charge in [-0.25, -0.2) is 4.98 Å². The van der Waals surface area contributed by atoms with Gasteiger partial charge in [-0.05, 0) is 33.1 Å². The number of hydrogen-bond donors (Lipinski definition) is 0. The molecule has 0 aliphatic carbocycles. The average Bonchev–Trinajstić information content (AvgIpc) is 2.86.